The van der Waals surface area contributed by atoms with Crippen LogP contribution in [0.1, 0.15) is 103 Å². The van der Waals surface area contributed by atoms with Crippen molar-refractivity contribution in [2.45, 2.75) is 104 Å². The van der Waals surface area contributed by atoms with Crippen molar-refractivity contribution >= 4 is 18.6 Å². The zero-order valence-electron chi connectivity index (χ0n) is 20.4. The lowest BCUT2D eigenvalue weighted by Gasteiger charge is -2.32. The van der Waals surface area contributed by atoms with Gasteiger partial charge in [0.25, 0.3) is 5.91 Å². The SMILES string of the molecule is CCCCCCN(CCCCCC)C(=O)c1ccc(B2OC(C)(C)C(C)(C)O2)n1C. The molecule has 170 valence electrons. The molecule has 0 aliphatic carbocycles. The van der Waals surface area contributed by atoms with Gasteiger partial charge < -0.3 is 18.8 Å². The van der Waals surface area contributed by atoms with Gasteiger partial charge in [-0.3, -0.25) is 4.79 Å². The van der Waals surface area contributed by atoms with Crippen LogP contribution in [0.3, 0.4) is 0 Å². The third-order valence-electron chi connectivity index (χ3n) is 6.72. The molecule has 0 spiro atoms. The highest BCUT2D eigenvalue weighted by molar-refractivity contribution is 6.61. The number of hydrogen-bond acceptors (Lipinski definition) is 3. The largest absolute Gasteiger partial charge is 0.512 e. The van der Waals surface area contributed by atoms with Gasteiger partial charge in [-0.25, -0.2) is 0 Å². The van der Waals surface area contributed by atoms with E-state index in [9.17, 15) is 4.79 Å². The molecule has 1 aliphatic rings. The van der Waals surface area contributed by atoms with Gasteiger partial charge in [-0.2, -0.15) is 0 Å². The molecule has 0 aromatic carbocycles. The highest BCUT2D eigenvalue weighted by atomic mass is 16.7. The smallest absolute Gasteiger partial charge is 0.398 e. The van der Waals surface area contributed by atoms with E-state index in [0.717, 1.165) is 31.5 Å². The van der Waals surface area contributed by atoms with Gasteiger partial charge in [0.1, 0.15) is 5.69 Å². The lowest BCUT2D eigenvalue weighted by molar-refractivity contribution is 0.00578. The van der Waals surface area contributed by atoms with Crippen LogP contribution in [0.25, 0.3) is 0 Å². The summed E-state index contributed by atoms with van der Waals surface area (Å²) in [6.45, 7) is 14.3. The van der Waals surface area contributed by atoms with Crippen LogP contribution in [0.5, 0.6) is 0 Å². The molecule has 0 saturated carbocycles. The number of rotatable bonds is 12. The second-order valence-corrected chi connectivity index (χ2v) is 9.70. The van der Waals surface area contributed by atoms with Gasteiger partial charge >= 0.3 is 7.12 Å². The first-order valence-electron chi connectivity index (χ1n) is 11.9. The summed E-state index contributed by atoms with van der Waals surface area (Å²) < 4.78 is 14.4. The summed E-state index contributed by atoms with van der Waals surface area (Å²) >= 11 is 0. The number of nitrogens with zero attached hydrogens (tertiary/aromatic N) is 2. The van der Waals surface area contributed by atoms with Gasteiger partial charge in [0.05, 0.1) is 11.2 Å². The zero-order valence-corrected chi connectivity index (χ0v) is 20.4. The second kappa shape index (κ2) is 10.9. The molecule has 1 aromatic heterocycles. The average molecular weight is 418 g/mol. The molecule has 30 heavy (non-hydrogen) atoms. The van der Waals surface area contributed by atoms with Crippen LogP contribution in [0.15, 0.2) is 12.1 Å². The molecular weight excluding hydrogens is 375 g/mol. The fourth-order valence-corrected chi connectivity index (χ4v) is 3.88. The van der Waals surface area contributed by atoms with Crippen molar-refractivity contribution in [3.05, 3.63) is 17.8 Å². The van der Waals surface area contributed by atoms with E-state index in [2.05, 4.69) is 46.4 Å². The highest BCUT2D eigenvalue weighted by Gasteiger charge is 2.52. The summed E-state index contributed by atoms with van der Waals surface area (Å²) in [5.74, 6) is 0.119. The van der Waals surface area contributed by atoms with Crippen LogP contribution in [0.4, 0.5) is 0 Å². The predicted molar refractivity (Wildman–Crippen MR) is 125 cm³/mol. The van der Waals surface area contributed by atoms with Gasteiger partial charge in [-0.15, -0.1) is 0 Å². The fraction of sp³-hybridized carbons (Fsp3) is 0.792. The van der Waals surface area contributed by atoms with E-state index in [1.807, 2.05) is 23.7 Å². The van der Waals surface area contributed by atoms with Gasteiger partial charge in [0.15, 0.2) is 0 Å². The molecule has 1 fully saturated rings. The molecular formula is C24H43BN2O3. The van der Waals surface area contributed by atoms with Crippen molar-refractivity contribution < 1.29 is 14.1 Å². The topological polar surface area (TPSA) is 43.7 Å². The first kappa shape index (κ1) is 25.0. The lowest BCUT2D eigenvalue weighted by Crippen LogP contribution is -2.41. The second-order valence-electron chi connectivity index (χ2n) is 9.70. The van der Waals surface area contributed by atoms with Crippen molar-refractivity contribution in [2.24, 2.45) is 7.05 Å². The van der Waals surface area contributed by atoms with Crippen LogP contribution in [-0.2, 0) is 16.4 Å². The van der Waals surface area contributed by atoms with Crippen molar-refractivity contribution in [3.8, 4) is 0 Å². The maximum absolute atomic E-state index is 13.4. The zero-order chi connectivity index (χ0) is 22.4. The van der Waals surface area contributed by atoms with Crippen molar-refractivity contribution in [1.29, 1.82) is 0 Å². The van der Waals surface area contributed by atoms with E-state index >= 15 is 0 Å². The summed E-state index contributed by atoms with van der Waals surface area (Å²) in [4.78, 5) is 15.4. The molecule has 0 atom stereocenters. The number of unbranched alkanes of at least 4 members (excludes halogenated alkanes) is 6. The van der Waals surface area contributed by atoms with Crippen LogP contribution in [-0.4, -0.2) is 46.8 Å². The first-order chi connectivity index (χ1) is 14.1. The summed E-state index contributed by atoms with van der Waals surface area (Å²) in [5, 5.41) is 0. The number of hydrogen-bond donors (Lipinski definition) is 0. The van der Waals surface area contributed by atoms with Crippen LogP contribution >= 0.6 is 0 Å². The predicted octanol–water partition coefficient (Wildman–Crippen LogP) is 4.93. The van der Waals surface area contributed by atoms with E-state index < -0.39 is 18.3 Å². The van der Waals surface area contributed by atoms with Crippen LogP contribution < -0.4 is 5.59 Å². The molecule has 2 heterocycles. The molecule has 5 nitrogen and oxygen atoms in total. The van der Waals surface area contributed by atoms with Gasteiger partial charge in [0, 0.05) is 25.7 Å². The Hall–Kier alpha value is -1.27. The quantitative estimate of drug-likeness (QED) is 0.357. The van der Waals surface area contributed by atoms with Crippen molar-refractivity contribution in [3.63, 3.8) is 0 Å². The first-order valence-corrected chi connectivity index (χ1v) is 11.9. The maximum Gasteiger partial charge on any atom is 0.512 e. The fourth-order valence-electron chi connectivity index (χ4n) is 3.88. The molecule has 1 aromatic rings. The third-order valence-corrected chi connectivity index (χ3v) is 6.72. The van der Waals surface area contributed by atoms with Gasteiger partial charge in [-0.1, -0.05) is 52.4 Å². The van der Waals surface area contributed by atoms with Crippen molar-refractivity contribution in [2.75, 3.05) is 13.1 Å². The van der Waals surface area contributed by atoms with Crippen molar-refractivity contribution in [1.82, 2.24) is 9.47 Å². The van der Waals surface area contributed by atoms with Gasteiger partial charge in [0.2, 0.25) is 0 Å². The van der Waals surface area contributed by atoms with E-state index in [0.29, 0.717) is 5.69 Å². The highest BCUT2D eigenvalue weighted by Crippen LogP contribution is 2.36. The Kier molecular flexibility index (Phi) is 9.05. The number of amides is 1. The number of aromatic nitrogens is 1. The molecule has 0 bridgehead atoms. The Morgan fingerprint density at radius 3 is 1.87 bits per heavy atom. The summed E-state index contributed by atoms with van der Waals surface area (Å²) in [6.07, 6.45) is 9.38. The maximum atomic E-state index is 13.4. The van der Waals surface area contributed by atoms with E-state index in [1.54, 1.807) is 0 Å². The Balaban J connectivity index is 2.11. The third kappa shape index (κ3) is 5.91. The minimum Gasteiger partial charge on any atom is -0.398 e. The normalized spacial score (nSPS) is 17.5. The standard InChI is InChI=1S/C24H43BN2O3/c1-8-10-12-14-18-27(19-15-13-11-9-2)22(28)20-16-17-21(26(20)7)25-29-23(3,4)24(5,6)30-25/h16-17H,8-15,18-19H2,1-7H3. The molecule has 0 radical (unpaired) electrons. The van der Waals surface area contributed by atoms with E-state index in [1.165, 1.54) is 38.5 Å². The summed E-state index contributed by atoms with van der Waals surface area (Å²) in [5.41, 5.74) is 0.826. The molecule has 1 amide bonds. The van der Waals surface area contributed by atoms with Crippen LogP contribution in [0.2, 0.25) is 0 Å². The van der Waals surface area contributed by atoms with E-state index in [4.69, 9.17) is 9.31 Å². The molecule has 1 aliphatic heterocycles. The Morgan fingerprint density at radius 1 is 0.900 bits per heavy atom. The number of carbonyl (C=O) groups is 1. The molecule has 0 unspecified atom stereocenters. The molecule has 6 heteroatoms. The Bertz CT molecular complexity index is 656. The molecule has 0 N–H and O–H groups in total. The Morgan fingerprint density at radius 2 is 1.40 bits per heavy atom. The molecule has 1 saturated heterocycles. The Labute approximate surface area is 184 Å². The van der Waals surface area contributed by atoms with Gasteiger partial charge in [-0.05, 0) is 52.7 Å². The summed E-state index contributed by atoms with van der Waals surface area (Å²) in [7, 11) is 1.49. The van der Waals surface area contributed by atoms with Crippen LogP contribution in [0, 0.1) is 0 Å². The average Bonchev–Trinajstić information content (AvgIpc) is 3.16. The number of carbonyl (C=O) groups excluding carboxylic acids is 1. The monoisotopic (exact) mass is 418 g/mol. The minimum absolute atomic E-state index is 0.119. The van der Waals surface area contributed by atoms with E-state index in [-0.39, 0.29) is 5.91 Å². The lowest BCUT2D eigenvalue weighted by atomic mass is 9.85. The minimum atomic E-state index is -0.455. The summed E-state index contributed by atoms with van der Waals surface area (Å²) in [6, 6.07) is 3.90. The molecule has 2 rings (SSSR count).